The second-order valence-corrected chi connectivity index (χ2v) is 6.44. The summed E-state index contributed by atoms with van der Waals surface area (Å²) in [4.78, 5) is 19.6. The molecular weight excluding hydrogens is 320 g/mol. The van der Waals surface area contributed by atoms with Gasteiger partial charge in [-0.15, -0.1) is 0 Å². The minimum Gasteiger partial charge on any atom is -0.373 e. The molecule has 7 heteroatoms. The number of benzene rings is 1. The molecule has 0 aliphatic carbocycles. The van der Waals surface area contributed by atoms with Gasteiger partial charge in [0.2, 0.25) is 5.82 Å². The van der Waals surface area contributed by atoms with Crippen LogP contribution in [0.15, 0.2) is 48.7 Å². The van der Waals surface area contributed by atoms with Crippen LogP contribution >= 0.6 is 0 Å². The van der Waals surface area contributed by atoms with E-state index in [1.807, 2.05) is 23.1 Å². The number of hydrogen-bond donors (Lipinski definition) is 0. The van der Waals surface area contributed by atoms with Crippen LogP contribution in [0.5, 0.6) is 0 Å². The third-order valence-electron chi connectivity index (χ3n) is 4.91. The van der Waals surface area contributed by atoms with Gasteiger partial charge in [-0.2, -0.15) is 0 Å². The summed E-state index contributed by atoms with van der Waals surface area (Å²) in [7, 11) is 0. The average Bonchev–Trinajstić information content (AvgIpc) is 3.08. The first kappa shape index (κ1) is 16.0. The summed E-state index contributed by atoms with van der Waals surface area (Å²) in [6.45, 7) is 3.74. The molecule has 2 atom stereocenters. The van der Waals surface area contributed by atoms with E-state index in [1.54, 1.807) is 12.3 Å². The van der Waals surface area contributed by atoms with Gasteiger partial charge in [-0.05, 0) is 11.6 Å². The number of ether oxygens (including phenoxy) is 1. The van der Waals surface area contributed by atoms with Crippen molar-refractivity contribution in [2.75, 3.05) is 31.1 Å². The van der Waals surface area contributed by atoms with Crippen molar-refractivity contribution in [3.63, 3.8) is 0 Å². The minimum atomic E-state index is -0.368. The van der Waals surface area contributed by atoms with Crippen molar-refractivity contribution in [1.29, 1.82) is 0 Å². The second-order valence-electron chi connectivity index (χ2n) is 6.44. The largest absolute Gasteiger partial charge is 0.373 e. The molecule has 2 saturated heterocycles. The molecule has 0 saturated carbocycles. The Labute approximate surface area is 146 Å². The number of hydrogen-bond acceptors (Lipinski definition) is 6. The quantitative estimate of drug-likeness (QED) is 0.627. The number of morpholine rings is 1. The van der Waals surface area contributed by atoms with Crippen molar-refractivity contribution >= 4 is 11.5 Å². The van der Waals surface area contributed by atoms with Crippen LogP contribution in [0.4, 0.5) is 11.5 Å². The molecule has 0 N–H and O–H groups in total. The van der Waals surface area contributed by atoms with Gasteiger partial charge >= 0.3 is 5.69 Å². The summed E-state index contributed by atoms with van der Waals surface area (Å²) in [5.74, 6) is 0.435. The Morgan fingerprint density at radius 2 is 2.04 bits per heavy atom. The fourth-order valence-corrected chi connectivity index (χ4v) is 3.72. The number of rotatable bonds is 4. The van der Waals surface area contributed by atoms with Crippen molar-refractivity contribution in [1.82, 2.24) is 9.88 Å². The van der Waals surface area contributed by atoms with Crippen molar-refractivity contribution in [2.45, 2.75) is 18.7 Å². The lowest BCUT2D eigenvalue weighted by atomic mass is 10.1. The monoisotopic (exact) mass is 340 g/mol. The Morgan fingerprint density at radius 3 is 2.84 bits per heavy atom. The Balaban J connectivity index is 1.54. The van der Waals surface area contributed by atoms with Crippen LogP contribution < -0.4 is 4.90 Å². The van der Waals surface area contributed by atoms with E-state index < -0.39 is 0 Å². The van der Waals surface area contributed by atoms with Gasteiger partial charge in [0.15, 0.2) is 0 Å². The van der Waals surface area contributed by atoms with Crippen molar-refractivity contribution in [2.24, 2.45) is 0 Å². The van der Waals surface area contributed by atoms with E-state index in [4.69, 9.17) is 4.74 Å². The SMILES string of the molecule is O=[N+]([O-])c1cccnc1N1C[C@H]2OCCN(Cc3ccccc3)[C@H]2C1. The summed E-state index contributed by atoms with van der Waals surface area (Å²) in [6.07, 6.45) is 1.66. The first-order valence-corrected chi connectivity index (χ1v) is 8.46. The molecule has 0 amide bonds. The van der Waals surface area contributed by atoms with E-state index in [0.717, 1.165) is 13.1 Å². The molecule has 130 valence electrons. The van der Waals surface area contributed by atoms with E-state index in [9.17, 15) is 10.1 Å². The fraction of sp³-hybridized carbons (Fsp3) is 0.389. The third-order valence-corrected chi connectivity index (χ3v) is 4.91. The summed E-state index contributed by atoms with van der Waals surface area (Å²) >= 11 is 0. The lowest BCUT2D eigenvalue weighted by Gasteiger charge is -2.36. The summed E-state index contributed by atoms with van der Waals surface area (Å²) in [6, 6.07) is 13.7. The average molecular weight is 340 g/mol. The molecule has 1 aromatic heterocycles. The zero-order valence-electron chi connectivity index (χ0n) is 13.8. The van der Waals surface area contributed by atoms with Gasteiger partial charge in [0.1, 0.15) is 0 Å². The molecule has 0 unspecified atom stereocenters. The predicted molar refractivity (Wildman–Crippen MR) is 93.5 cm³/mol. The maximum Gasteiger partial charge on any atom is 0.311 e. The number of nitro groups is 1. The normalized spacial score (nSPS) is 23.4. The van der Waals surface area contributed by atoms with Gasteiger partial charge in [0.25, 0.3) is 0 Å². The highest BCUT2D eigenvalue weighted by atomic mass is 16.6. The zero-order valence-corrected chi connectivity index (χ0v) is 13.8. The second kappa shape index (κ2) is 6.78. The lowest BCUT2D eigenvalue weighted by molar-refractivity contribution is -0.384. The van der Waals surface area contributed by atoms with E-state index in [-0.39, 0.29) is 22.8 Å². The van der Waals surface area contributed by atoms with Crippen molar-refractivity contribution < 1.29 is 9.66 Å². The maximum absolute atomic E-state index is 11.3. The van der Waals surface area contributed by atoms with Gasteiger partial charge in [-0.1, -0.05) is 30.3 Å². The van der Waals surface area contributed by atoms with Crippen LogP contribution in [0.25, 0.3) is 0 Å². The van der Waals surface area contributed by atoms with Crippen molar-refractivity contribution in [3.05, 3.63) is 64.3 Å². The first-order valence-electron chi connectivity index (χ1n) is 8.46. The molecule has 0 bridgehead atoms. The van der Waals surface area contributed by atoms with E-state index in [1.165, 1.54) is 11.6 Å². The molecule has 2 aliphatic heterocycles. The molecule has 2 aromatic rings. The molecular formula is C18H20N4O3. The molecule has 0 spiro atoms. The van der Waals surface area contributed by atoms with E-state index >= 15 is 0 Å². The highest BCUT2D eigenvalue weighted by molar-refractivity contribution is 5.58. The fourth-order valence-electron chi connectivity index (χ4n) is 3.72. The zero-order chi connectivity index (χ0) is 17.2. The maximum atomic E-state index is 11.3. The molecule has 0 radical (unpaired) electrons. The van der Waals surface area contributed by atoms with Gasteiger partial charge in [0, 0.05) is 38.4 Å². The van der Waals surface area contributed by atoms with Crippen LogP contribution in [0.3, 0.4) is 0 Å². The standard InChI is InChI=1S/C18H20N4O3/c23-22(24)15-7-4-8-19-18(15)21-12-16-17(13-21)25-10-9-20(16)11-14-5-2-1-3-6-14/h1-8,16-17H,9-13H2/t16-,17+/m0/s1. The molecule has 4 rings (SSSR count). The summed E-state index contributed by atoms with van der Waals surface area (Å²) in [5.41, 5.74) is 1.32. The number of anilines is 1. The molecule has 2 fully saturated rings. The molecule has 3 heterocycles. The van der Waals surface area contributed by atoms with Crippen molar-refractivity contribution in [3.8, 4) is 0 Å². The van der Waals surface area contributed by atoms with E-state index in [0.29, 0.717) is 25.5 Å². The summed E-state index contributed by atoms with van der Waals surface area (Å²) in [5, 5.41) is 11.3. The Hall–Kier alpha value is -2.51. The van der Waals surface area contributed by atoms with Gasteiger partial charge in [-0.3, -0.25) is 15.0 Å². The topological polar surface area (TPSA) is 71.7 Å². The molecule has 7 nitrogen and oxygen atoms in total. The Kier molecular flexibility index (Phi) is 4.33. The number of nitrogens with zero attached hydrogens (tertiary/aromatic N) is 4. The number of aromatic nitrogens is 1. The van der Waals surface area contributed by atoms with Crippen LogP contribution in [0, 0.1) is 10.1 Å². The van der Waals surface area contributed by atoms with Gasteiger partial charge < -0.3 is 9.64 Å². The Morgan fingerprint density at radius 1 is 1.20 bits per heavy atom. The highest BCUT2D eigenvalue weighted by Gasteiger charge is 2.42. The number of pyridine rings is 1. The smallest absolute Gasteiger partial charge is 0.311 e. The third kappa shape index (κ3) is 3.20. The molecule has 1 aromatic carbocycles. The van der Waals surface area contributed by atoms with Crippen LogP contribution in [-0.2, 0) is 11.3 Å². The predicted octanol–water partition coefficient (Wildman–Crippen LogP) is 2.08. The van der Waals surface area contributed by atoms with Crippen LogP contribution in [-0.4, -0.2) is 53.2 Å². The Bertz CT molecular complexity index is 755. The highest BCUT2D eigenvalue weighted by Crippen LogP contribution is 2.32. The van der Waals surface area contributed by atoms with Gasteiger partial charge in [0.05, 0.1) is 23.7 Å². The van der Waals surface area contributed by atoms with E-state index in [2.05, 4.69) is 22.0 Å². The summed E-state index contributed by atoms with van der Waals surface area (Å²) < 4.78 is 5.94. The number of fused-ring (bicyclic) bond motifs is 1. The molecule has 2 aliphatic rings. The van der Waals surface area contributed by atoms with Gasteiger partial charge in [-0.25, -0.2) is 4.98 Å². The van der Waals surface area contributed by atoms with Crippen LogP contribution in [0.2, 0.25) is 0 Å². The minimum absolute atomic E-state index is 0.0516. The molecule has 25 heavy (non-hydrogen) atoms. The van der Waals surface area contributed by atoms with Crippen LogP contribution in [0.1, 0.15) is 5.56 Å². The lowest BCUT2D eigenvalue weighted by Crippen LogP contribution is -2.50. The first-order chi connectivity index (χ1) is 12.2.